The highest BCUT2D eigenvalue weighted by atomic mass is 35.5. The number of nitrogens with one attached hydrogen (secondary N) is 1. The minimum atomic E-state index is -1.48. The third-order valence-electron chi connectivity index (χ3n) is 3.20. The number of aromatic nitrogens is 1. The zero-order chi connectivity index (χ0) is 17.2. The Kier molecular flexibility index (Phi) is 4.56. The van der Waals surface area contributed by atoms with Crippen molar-refractivity contribution in [3.8, 4) is 16.9 Å². The van der Waals surface area contributed by atoms with E-state index in [1.807, 2.05) is 0 Å². The van der Waals surface area contributed by atoms with Crippen LogP contribution in [0.2, 0.25) is 5.02 Å². The van der Waals surface area contributed by atoms with E-state index in [1.165, 1.54) is 26.1 Å². The second-order valence-corrected chi connectivity index (χ2v) is 5.92. The quantitative estimate of drug-likeness (QED) is 0.798. The van der Waals surface area contributed by atoms with Crippen LogP contribution in [0.4, 0.5) is 0 Å². The lowest BCUT2D eigenvalue weighted by Gasteiger charge is -2.20. The van der Waals surface area contributed by atoms with Crippen LogP contribution in [0, 0.1) is 0 Å². The molecule has 0 unspecified atom stereocenters. The number of amides is 1. The number of benzene rings is 1. The zero-order valence-corrected chi connectivity index (χ0v) is 13.3. The van der Waals surface area contributed by atoms with E-state index < -0.39 is 17.4 Å². The van der Waals surface area contributed by atoms with Crippen LogP contribution in [0.5, 0.6) is 5.75 Å². The summed E-state index contributed by atoms with van der Waals surface area (Å²) in [5.41, 5.74) is -0.404. The number of pyridine rings is 1. The molecule has 0 atom stereocenters. The molecule has 0 bridgehead atoms. The number of carboxylic acids is 1. The van der Waals surface area contributed by atoms with Crippen LogP contribution in [0.25, 0.3) is 11.1 Å². The van der Waals surface area contributed by atoms with Gasteiger partial charge in [0, 0.05) is 16.8 Å². The minimum Gasteiger partial charge on any atom is -0.505 e. The van der Waals surface area contributed by atoms with E-state index in [0.29, 0.717) is 10.6 Å². The molecule has 0 radical (unpaired) electrons. The molecule has 0 spiro atoms. The second-order valence-electron chi connectivity index (χ2n) is 5.49. The number of hydrogen-bond donors (Lipinski definition) is 3. The minimum absolute atomic E-state index is 0.245. The van der Waals surface area contributed by atoms with Gasteiger partial charge < -0.3 is 15.5 Å². The van der Waals surface area contributed by atoms with E-state index in [0.717, 1.165) is 5.56 Å². The molecule has 7 heteroatoms. The van der Waals surface area contributed by atoms with Crippen molar-refractivity contribution in [1.29, 1.82) is 0 Å². The van der Waals surface area contributed by atoms with E-state index in [2.05, 4.69) is 10.3 Å². The first-order valence-electron chi connectivity index (χ1n) is 6.71. The maximum absolute atomic E-state index is 12.1. The van der Waals surface area contributed by atoms with Crippen LogP contribution in [0.3, 0.4) is 0 Å². The molecule has 0 aliphatic rings. The Balaban J connectivity index is 2.29. The van der Waals surface area contributed by atoms with Crippen LogP contribution < -0.4 is 5.32 Å². The molecule has 0 saturated heterocycles. The van der Waals surface area contributed by atoms with Gasteiger partial charge in [-0.15, -0.1) is 0 Å². The number of aromatic hydroxyl groups is 1. The van der Waals surface area contributed by atoms with Crippen molar-refractivity contribution in [2.75, 3.05) is 0 Å². The van der Waals surface area contributed by atoms with Crippen molar-refractivity contribution in [2.24, 2.45) is 0 Å². The molecule has 0 fully saturated rings. The molecule has 1 heterocycles. The van der Waals surface area contributed by atoms with E-state index in [-0.39, 0.29) is 11.4 Å². The molecule has 120 valence electrons. The SMILES string of the molecule is CC(C)(NC(=O)c1ncc(-c2cccc(Cl)c2)cc1O)C(=O)O. The Bertz CT molecular complexity index is 774. The second kappa shape index (κ2) is 6.26. The summed E-state index contributed by atoms with van der Waals surface area (Å²) in [6.07, 6.45) is 1.41. The summed E-state index contributed by atoms with van der Waals surface area (Å²) in [5.74, 6) is -2.31. The number of aliphatic carboxylic acids is 1. The van der Waals surface area contributed by atoms with E-state index in [4.69, 9.17) is 16.7 Å². The summed E-state index contributed by atoms with van der Waals surface area (Å²) in [6.45, 7) is 2.68. The highest BCUT2D eigenvalue weighted by Gasteiger charge is 2.30. The number of hydrogen-bond acceptors (Lipinski definition) is 4. The molecular weight excluding hydrogens is 320 g/mol. The van der Waals surface area contributed by atoms with Crippen molar-refractivity contribution in [3.63, 3.8) is 0 Å². The average molecular weight is 335 g/mol. The summed E-state index contributed by atoms with van der Waals surface area (Å²) < 4.78 is 0. The molecule has 0 aliphatic carbocycles. The van der Waals surface area contributed by atoms with Gasteiger partial charge in [-0.05, 0) is 37.6 Å². The van der Waals surface area contributed by atoms with E-state index in [9.17, 15) is 14.7 Å². The average Bonchev–Trinajstić information content (AvgIpc) is 2.46. The molecule has 23 heavy (non-hydrogen) atoms. The lowest BCUT2D eigenvalue weighted by Crippen LogP contribution is -2.49. The Morgan fingerprint density at radius 2 is 1.91 bits per heavy atom. The topological polar surface area (TPSA) is 99.5 Å². The first-order valence-corrected chi connectivity index (χ1v) is 7.09. The van der Waals surface area contributed by atoms with Crippen LogP contribution in [0.1, 0.15) is 24.3 Å². The van der Waals surface area contributed by atoms with Crippen molar-refractivity contribution < 1.29 is 19.8 Å². The summed E-state index contributed by atoms with van der Waals surface area (Å²) in [7, 11) is 0. The van der Waals surface area contributed by atoms with Gasteiger partial charge in [-0.1, -0.05) is 23.7 Å². The molecule has 2 aromatic rings. The number of carboxylic acid groups (broad SMARTS) is 1. The molecule has 0 aliphatic heterocycles. The predicted octanol–water partition coefficient (Wildman–Crippen LogP) is 2.70. The molecule has 3 N–H and O–H groups in total. The Hall–Kier alpha value is -2.60. The van der Waals surface area contributed by atoms with Gasteiger partial charge in [0.05, 0.1) is 0 Å². The largest absolute Gasteiger partial charge is 0.505 e. The zero-order valence-electron chi connectivity index (χ0n) is 12.5. The van der Waals surface area contributed by atoms with Crippen LogP contribution in [0.15, 0.2) is 36.5 Å². The fourth-order valence-corrected chi connectivity index (χ4v) is 2.04. The fourth-order valence-electron chi connectivity index (χ4n) is 1.85. The highest BCUT2D eigenvalue weighted by molar-refractivity contribution is 6.30. The van der Waals surface area contributed by atoms with E-state index >= 15 is 0 Å². The lowest BCUT2D eigenvalue weighted by atomic mass is 10.0. The summed E-state index contributed by atoms with van der Waals surface area (Å²) in [6, 6.07) is 8.33. The monoisotopic (exact) mass is 334 g/mol. The lowest BCUT2D eigenvalue weighted by molar-refractivity contribution is -0.143. The number of rotatable bonds is 4. The predicted molar refractivity (Wildman–Crippen MR) is 85.5 cm³/mol. The molecule has 1 aromatic heterocycles. The number of nitrogens with zero attached hydrogens (tertiary/aromatic N) is 1. The number of halogens is 1. The normalized spacial score (nSPS) is 11.1. The van der Waals surface area contributed by atoms with Crippen molar-refractivity contribution in [2.45, 2.75) is 19.4 Å². The van der Waals surface area contributed by atoms with Crippen LogP contribution >= 0.6 is 11.6 Å². The van der Waals surface area contributed by atoms with Crippen molar-refractivity contribution >= 4 is 23.5 Å². The molecular formula is C16H15ClN2O4. The van der Waals surface area contributed by atoms with Gasteiger partial charge in [-0.25, -0.2) is 9.78 Å². The molecule has 6 nitrogen and oxygen atoms in total. The van der Waals surface area contributed by atoms with Gasteiger partial charge in [0.25, 0.3) is 5.91 Å². The van der Waals surface area contributed by atoms with Crippen LogP contribution in [-0.2, 0) is 4.79 Å². The van der Waals surface area contributed by atoms with Gasteiger partial charge >= 0.3 is 5.97 Å². The van der Waals surface area contributed by atoms with Crippen LogP contribution in [-0.4, -0.2) is 32.6 Å². The molecule has 1 aromatic carbocycles. The fraction of sp³-hybridized carbons (Fsp3) is 0.188. The first kappa shape index (κ1) is 16.8. The summed E-state index contributed by atoms with van der Waals surface area (Å²) in [4.78, 5) is 27.0. The van der Waals surface area contributed by atoms with Gasteiger partial charge in [0.2, 0.25) is 0 Å². The first-order chi connectivity index (χ1) is 10.7. The van der Waals surface area contributed by atoms with Crippen molar-refractivity contribution in [1.82, 2.24) is 10.3 Å². The van der Waals surface area contributed by atoms with Gasteiger partial charge in [0.15, 0.2) is 5.69 Å². The third-order valence-corrected chi connectivity index (χ3v) is 3.44. The standard InChI is InChI=1S/C16H15ClN2O4/c1-16(2,15(22)23)19-14(21)13-12(20)7-10(8-18-13)9-4-3-5-11(17)6-9/h3-8,20H,1-2H3,(H,19,21)(H,22,23). The van der Waals surface area contributed by atoms with Crippen molar-refractivity contribution in [3.05, 3.63) is 47.2 Å². The smallest absolute Gasteiger partial charge is 0.328 e. The van der Waals surface area contributed by atoms with E-state index in [1.54, 1.807) is 24.3 Å². The van der Waals surface area contributed by atoms with Gasteiger partial charge in [-0.3, -0.25) is 4.79 Å². The molecule has 2 rings (SSSR count). The molecule has 1 amide bonds. The highest BCUT2D eigenvalue weighted by Crippen LogP contribution is 2.26. The Labute approximate surface area is 137 Å². The van der Waals surface area contributed by atoms with Gasteiger partial charge in [-0.2, -0.15) is 0 Å². The Morgan fingerprint density at radius 1 is 1.22 bits per heavy atom. The van der Waals surface area contributed by atoms with Gasteiger partial charge in [0.1, 0.15) is 11.3 Å². The number of carbonyl (C=O) groups is 2. The summed E-state index contributed by atoms with van der Waals surface area (Å²) in [5, 5.41) is 21.9. The molecule has 0 saturated carbocycles. The third kappa shape index (κ3) is 3.78. The maximum atomic E-state index is 12.1. The maximum Gasteiger partial charge on any atom is 0.328 e. The number of carbonyl (C=O) groups excluding carboxylic acids is 1. The Morgan fingerprint density at radius 3 is 2.48 bits per heavy atom. The summed E-state index contributed by atoms with van der Waals surface area (Å²) >= 11 is 5.92.